The summed E-state index contributed by atoms with van der Waals surface area (Å²) in [5.74, 6) is -2.44. The Kier molecular flexibility index (Phi) is 5.84. The first-order valence-electron chi connectivity index (χ1n) is 7.19. The van der Waals surface area contributed by atoms with Crippen molar-refractivity contribution in [2.75, 3.05) is 14.2 Å². The van der Waals surface area contributed by atoms with Crippen LogP contribution in [0, 0.1) is 5.82 Å². The Hall–Kier alpha value is -3.22. The van der Waals surface area contributed by atoms with Crippen LogP contribution in [-0.2, 0) is 20.7 Å². The molecule has 0 unspecified atom stereocenters. The van der Waals surface area contributed by atoms with E-state index in [4.69, 9.17) is 4.74 Å². The lowest BCUT2D eigenvalue weighted by Crippen LogP contribution is -2.13. The van der Waals surface area contributed by atoms with E-state index < -0.39 is 23.7 Å². The lowest BCUT2D eigenvalue weighted by Gasteiger charge is -2.09. The van der Waals surface area contributed by atoms with Crippen LogP contribution in [-0.4, -0.2) is 32.1 Å². The van der Waals surface area contributed by atoms with Crippen molar-refractivity contribution in [2.24, 2.45) is 0 Å². The molecule has 0 atom stereocenters. The fraction of sp³-hybridized carbons (Fsp3) is 0.167. The molecular formula is C18H15FO6. The molecule has 6 nitrogen and oxygen atoms in total. The molecule has 25 heavy (non-hydrogen) atoms. The third-order valence-electron chi connectivity index (χ3n) is 3.24. The van der Waals surface area contributed by atoms with Crippen molar-refractivity contribution in [3.05, 3.63) is 65.0 Å². The predicted molar refractivity (Wildman–Crippen MR) is 84.9 cm³/mol. The zero-order valence-electron chi connectivity index (χ0n) is 13.6. The van der Waals surface area contributed by atoms with Crippen molar-refractivity contribution in [3.8, 4) is 5.75 Å². The van der Waals surface area contributed by atoms with Gasteiger partial charge in [-0.2, -0.15) is 0 Å². The minimum atomic E-state index is -0.693. The number of ether oxygens (including phenoxy) is 3. The van der Waals surface area contributed by atoms with E-state index in [1.54, 1.807) is 0 Å². The van der Waals surface area contributed by atoms with E-state index in [0.717, 1.165) is 0 Å². The average Bonchev–Trinajstić information content (AvgIpc) is 2.61. The highest BCUT2D eigenvalue weighted by atomic mass is 19.1. The summed E-state index contributed by atoms with van der Waals surface area (Å²) in [6.45, 7) is 0. The zero-order chi connectivity index (χ0) is 18.4. The standard InChI is InChI=1S/C18H15FO6/c1-23-17(21)12-8-13(18(22)24-2)10-15(9-12)25-16(20)7-11-3-5-14(19)6-4-11/h3-6,8-10H,7H2,1-2H3. The van der Waals surface area contributed by atoms with Gasteiger partial charge in [0.1, 0.15) is 11.6 Å². The Labute approximate surface area is 143 Å². The molecule has 0 aliphatic heterocycles. The summed E-state index contributed by atoms with van der Waals surface area (Å²) in [5, 5.41) is 0. The van der Waals surface area contributed by atoms with Gasteiger partial charge in [0.15, 0.2) is 0 Å². The van der Waals surface area contributed by atoms with Crippen molar-refractivity contribution < 1.29 is 33.0 Å². The van der Waals surface area contributed by atoms with E-state index in [1.165, 1.54) is 56.7 Å². The predicted octanol–water partition coefficient (Wildman–Crippen LogP) is 2.55. The van der Waals surface area contributed by atoms with Crippen LogP contribution in [0.1, 0.15) is 26.3 Å². The summed E-state index contributed by atoms with van der Waals surface area (Å²) in [4.78, 5) is 35.4. The number of methoxy groups -OCH3 is 2. The average molecular weight is 346 g/mol. The SMILES string of the molecule is COC(=O)c1cc(OC(=O)Cc2ccc(F)cc2)cc(C(=O)OC)c1. The van der Waals surface area contributed by atoms with Crippen molar-refractivity contribution in [1.29, 1.82) is 0 Å². The molecule has 7 heteroatoms. The smallest absolute Gasteiger partial charge is 0.338 e. The quantitative estimate of drug-likeness (QED) is 0.611. The Morgan fingerprint density at radius 1 is 0.880 bits per heavy atom. The molecule has 2 rings (SSSR count). The molecular weight excluding hydrogens is 331 g/mol. The van der Waals surface area contributed by atoms with Gasteiger partial charge in [-0.3, -0.25) is 4.79 Å². The van der Waals surface area contributed by atoms with Gasteiger partial charge in [-0.25, -0.2) is 14.0 Å². The molecule has 0 aliphatic carbocycles. The Bertz CT molecular complexity index is 763. The maximum atomic E-state index is 12.9. The number of carbonyl (C=O) groups is 3. The topological polar surface area (TPSA) is 78.9 Å². The van der Waals surface area contributed by atoms with Gasteiger partial charge in [0.05, 0.1) is 31.8 Å². The molecule has 0 radical (unpaired) electrons. The maximum absolute atomic E-state index is 12.9. The van der Waals surface area contributed by atoms with Crippen molar-refractivity contribution in [3.63, 3.8) is 0 Å². The van der Waals surface area contributed by atoms with E-state index >= 15 is 0 Å². The summed E-state index contributed by atoms with van der Waals surface area (Å²) >= 11 is 0. The molecule has 0 N–H and O–H groups in total. The molecule has 0 heterocycles. The second kappa shape index (κ2) is 8.05. The van der Waals surface area contributed by atoms with E-state index in [2.05, 4.69) is 9.47 Å². The summed E-state index contributed by atoms with van der Waals surface area (Å²) in [6.07, 6.45) is -0.101. The molecule has 0 bridgehead atoms. The minimum absolute atomic E-state index is 0.00425. The maximum Gasteiger partial charge on any atom is 0.338 e. The molecule has 2 aromatic rings. The van der Waals surface area contributed by atoms with Gasteiger partial charge < -0.3 is 14.2 Å². The van der Waals surface area contributed by atoms with E-state index in [1.807, 2.05) is 0 Å². The Balaban J connectivity index is 2.21. The van der Waals surface area contributed by atoms with Gasteiger partial charge >= 0.3 is 17.9 Å². The molecule has 0 fully saturated rings. The molecule has 0 spiro atoms. The molecule has 0 amide bonds. The minimum Gasteiger partial charge on any atom is -0.465 e. The third-order valence-corrected chi connectivity index (χ3v) is 3.24. The number of rotatable bonds is 5. The van der Waals surface area contributed by atoms with E-state index in [0.29, 0.717) is 5.56 Å². The van der Waals surface area contributed by atoms with E-state index in [9.17, 15) is 18.8 Å². The van der Waals surface area contributed by atoms with Crippen molar-refractivity contribution in [1.82, 2.24) is 0 Å². The third kappa shape index (κ3) is 4.87. The van der Waals surface area contributed by atoms with Crippen LogP contribution >= 0.6 is 0 Å². The Morgan fingerprint density at radius 2 is 1.40 bits per heavy atom. The molecule has 0 saturated heterocycles. The lowest BCUT2D eigenvalue weighted by molar-refractivity contribution is -0.133. The number of halogens is 1. The van der Waals surface area contributed by atoms with E-state index in [-0.39, 0.29) is 23.3 Å². The number of hydrogen-bond acceptors (Lipinski definition) is 6. The van der Waals surface area contributed by atoms with Crippen LogP contribution in [0.25, 0.3) is 0 Å². The normalized spacial score (nSPS) is 10.0. The number of esters is 3. The molecule has 0 saturated carbocycles. The monoisotopic (exact) mass is 346 g/mol. The van der Waals surface area contributed by atoms with Gasteiger partial charge in [-0.1, -0.05) is 12.1 Å². The zero-order valence-corrected chi connectivity index (χ0v) is 13.6. The summed E-state index contributed by atoms with van der Waals surface area (Å²) in [7, 11) is 2.38. The Morgan fingerprint density at radius 3 is 1.88 bits per heavy atom. The fourth-order valence-corrected chi connectivity index (χ4v) is 2.07. The molecule has 130 valence electrons. The van der Waals surface area contributed by atoms with Crippen LogP contribution < -0.4 is 4.74 Å². The highest BCUT2D eigenvalue weighted by Gasteiger charge is 2.16. The van der Waals surface area contributed by atoms with Crippen LogP contribution in [0.5, 0.6) is 5.75 Å². The first kappa shape index (κ1) is 18.1. The van der Waals surface area contributed by atoms with Gasteiger partial charge in [0.2, 0.25) is 0 Å². The lowest BCUT2D eigenvalue weighted by atomic mass is 10.1. The second-order valence-corrected chi connectivity index (χ2v) is 5.01. The van der Waals surface area contributed by atoms with Gasteiger partial charge in [-0.05, 0) is 35.9 Å². The number of benzene rings is 2. The van der Waals surface area contributed by atoms with Crippen LogP contribution in [0.15, 0.2) is 42.5 Å². The first-order valence-corrected chi connectivity index (χ1v) is 7.19. The van der Waals surface area contributed by atoms with Crippen molar-refractivity contribution in [2.45, 2.75) is 6.42 Å². The highest BCUT2D eigenvalue weighted by molar-refractivity contribution is 5.96. The van der Waals surface area contributed by atoms with Gasteiger partial charge in [0, 0.05) is 0 Å². The first-order chi connectivity index (χ1) is 11.9. The van der Waals surface area contributed by atoms with Crippen molar-refractivity contribution >= 4 is 17.9 Å². The fourth-order valence-electron chi connectivity index (χ4n) is 2.07. The molecule has 2 aromatic carbocycles. The largest absolute Gasteiger partial charge is 0.465 e. The summed E-state index contributed by atoms with van der Waals surface area (Å²) in [5.41, 5.74) is 0.633. The number of carbonyl (C=O) groups excluding carboxylic acids is 3. The highest BCUT2D eigenvalue weighted by Crippen LogP contribution is 2.20. The molecule has 0 aromatic heterocycles. The molecule has 0 aliphatic rings. The number of hydrogen-bond donors (Lipinski definition) is 0. The summed E-state index contributed by atoms with van der Waals surface area (Å²) in [6, 6.07) is 9.21. The van der Waals surface area contributed by atoms with Crippen LogP contribution in [0.4, 0.5) is 4.39 Å². The van der Waals surface area contributed by atoms with Gasteiger partial charge in [0.25, 0.3) is 0 Å². The van der Waals surface area contributed by atoms with Gasteiger partial charge in [-0.15, -0.1) is 0 Å². The van der Waals surface area contributed by atoms with Crippen LogP contribution in [0.2, 0.25) is 0 Å². The summed E-state index contributed by atoms with van der Waals surface area (Å²) < 4.78 is 27.3. The second-order valence-electron chi connectivity index (χ2n) is 5.01. The van der Waals surface area contributed by atoms with Crippen LogP contribution in [0.3, 0.4) is 0 Å².